The number of nitrogens with one attached hydrogen (secondary N) is 2. The minimum absolute atomic E-state index is 0. The van der Waals surface area contributed by atoms with Gasteiger partial charge in [0.25, 0.3) is 5.91 Å². The molecule has 0 aliphatic heterocycles. The molecule has 2 rings (SSSR count). The molecule has 1 amide bonds. The number of furan rings is 1. The van der Waals surface area contributed by atoms with Crippen LogP contribution in [0.25, 0.3) is 0 Å². The predicted molar refractivity (Wildman–Crippen MR) is 101 cm³/mol. The number of thioether (sulfide) groups is 1. The number of carbonyl (C=O) groups is 1. The fourth-order valence-corrected chi connectivity index (χ4v) is 2.78. The molecule has 6 nitrogen and oxygen atoms in total. The van der Waals surface area contributed by atoms with Crippen molar-refractivity contribution in [3.05, 3.63) is 36.0 Å². The van der Waals surface area contributed by atoms with Crippen LogP contribution in [0.2, 0.25) is 0 Å². The minimum atomic E-state index is -0.182. The number of amides is 1. The van der Waals surface area contributed by atoms with Gasteiger partial charge in [0.1, 0.15) is 5.76 Å². The normalized spacial score (nSPS) is 11.3. The van der Waals surface area contributed by atoms with Gasteiger partial charge in [-0.3, -0.25) is 4.79 Å². The Morgan fingerprint density at radius 2 is 2.17 bits per heavy atom. The molecule has 0 radical (unpaired) electrons. The fourth-order valence-electron chi connectivity index (χ4n) is 1.96. The van der Waals surface area contributed by atoms with Crippen LogP contribution >= 0.6 is 36.6 Å². The van der Waals surface area contributed by atoms with Gasteiger partial charge < -0.3 is 19.6 Å². The van der Waals surface area contributed by atoms with Crippen LogP contribution in [0.15, 0.2) is 34.1 Å². The Morgan fingerprint density at radius 1 is 1.42 bits per heavy atom. The first-order valence-corrected chi connectivity index (χ1v) is 8.29. The molecule has 0 spiro atoms. The molecule has 0 saturated heterocycles. The van der Waals surface area contributed by atoms with Gasteiger partial charge in [0, 0.05) is 32.0 Å². The summed E-state index contributed by atoms with van der Waals surface area (Å²) >= 11 is 1.57. The quantitative estimate of drug-likeness (QED) is 0.673. The summed E-state index contributed by atoms with van der Waals surface area (Å²) in [5.74, 6) is 1.57. The number of carbonyl (C=O) groups excluding carboxylic acids is 1. The van der Waals surface area contributed by atoms with Crippen molar-refractivity contribution >= 4 is 42.5 Å². The average Bonchev–Trinajstić information content (AvgIpc) is 3.12. The van der Waals surface area contributed by atoms with E-state index in [1.54, 1.807) is 24.0 Å². The van der Waals surface area contributed by atoms with Crippen molar-refractivity contribution in [1.82, 2.24) is 20.2 Å². The highest BCUT2D eigenvalue weighted by Gasteiger charge is 2.12. The maximum atomic E-state index is 12.0. The Kier molecular flexibility index (Phi) is 10.9. The van der Waals surface area contributed by atoms with Gasteiger partial charge in [-0.25, -0.2) is 4.98 Å². The molecule has 0 fully saturated rings. The molecular weight excluding hydrogens is 371 g/mol. The summed E-state index contributed by atoms with van der Waals surface area (Å²) in [4.78, 5) is 16.2. The molecule has 136 valence electrons. The first-order valence-electron chi connectivity index (χ1n) is 7.30. The molecule has 0 aliphatic rings. The Hall–Kier alpha value is -1.15. The van der Waals surface area contributed by atoms with Crippen molar-refractivity contribution in [2.24, 2.45) is 7.05 Å². The summed E-state index contributed by atoms with van der Waals surface area (Å²) < 4.78 is 7.53. The van der Waals surface area contributed by atoms with Crippen molar-refractivity contribution in [1.29, 1.82) is 0 Å². The third-order valence-corrected chi connectivity index (χ3v) is 4.21. The zero-order valence-corrected chi connectivity index (χ0v) is 16.4. The SMILES string of the molecule is CCN[C@H](C)CNC(=O)c1ccc(CSc2nccn2C)o1.Cl.Cl. The van der Waals surface area contributed by atoms with E-state index in [1.165, 1.54) is 0 Å². The number of hydrogen-bond acceptors (Lipinski definition) is 5. The van der Waals surface area contributed by atoms with Crippen LogP contribution < -0.4 is 10.6 Å². The summed E-state index contributed by atoms with van der Waals surface area (Å²) in [5.41, 5.74) is 0. The van der Waals surface area contributed by atoms with E-state index in [2.05, 4.69) is 15.6 Å². The number of halogens is 2. The highest BCUT2D eigenvalue weighted by atomic mass is 35.5. The van der Waals surface area contributed by atoms with E-state index in [1.807, 2.05) is 37.7 Å². The van der Waals surface area contributed by atoms with Crippen LogP contribution in [0.1, 0.15) is 30.2 Å². The summed E-state index contributed by atoms with van der Waals surface area (Å²) in [6, 6.07) is 3.78. The lowest BCUT2D eigenvalue weighted by Crippen LogP contribution is -2.38. The number of hydrogen-bond donors (Lipinski definition) is 2. The second-order valence-corrected chi connectivity index (χ2v) is 5.99. The molecule has 2 N–H and O–H groups in total. The van der Waals surface area contributed by atoms with Crippen molar-refractivity contribution in [2.75, 3.05) is 13.1 Å². The molecule has 2 heterocycles. The molecule has 2 aromatic heterocycles. The molecule has 24 heavy (non-hydrogen) atoms. The van der Waals surface area contributed by atoms with Crippen molar-refractivity contribution < 1.29 is 9.21 Å². The van der Waals surface area contributed by atoms with Crippen LogP contribution in [0, 0.1) is 0 Å². The standard InChI is InChI=1S/C15H22N4O2S.2ClH/c1-4-16-11(2)9-18-14(20)13-6-5-12(21-13)10-22-15-17-7-8-19(15)3;;/h5-8,11,16H,4,9-10H2,1-3H3,(H,18,20);2*1H/t11-;;/m1../s1. The number of aryl methyl sites for hydroxylation is 1. The molecule has 1 atom stereocenters. The number of nitrogens with zero attached hydrogens (tertiary/aromatic N) is 2. The van der Waals surface area contributed by atoms with Crippen molar-refractivity contribution in [3.8, 4) is 0 Å². The van der Waals surface area contributed by atoms with Crippen LogP contribution in [-0.4, -0.2) is 34.6 Å². The Balaban J connectivity index is 0.00000264. The van der Waals surface area contributed by atoms with Crippen LogP contribution in [0.5, 0.6) is 0 Å². The first kappa shape index (κ1) is 22.9. The second-order valence-electron chi connectivity index (χ2n) is 5.04. The predicted octanol–water partition coefficient (Wildman–Crippen LogP) is 2.88. The Morgan fingerprint density at radius 3 is 2.79 bits per heavy atom. The smallest absolute Gasteiger partial charge is 0.287 e. The summed E-state index contributed by atoms with van der Waals surface area (Å²) in [5, 5.41) is 7.02. The van der Waals surface area contributed by atoms with Gasteiger partial charge in [0.05, 0.1) is 5.75 Å². The molecule has 0 unspecified atom stereocenters. The number of imidazole rings is 1. The molecule has 2 aromatic rings. The van der Waals surface area contributed by atoms with E-state index in [4.69, 9.17) is 4.42 Å². The largest absolute Gasteiger partial charge is 0.455 e. The molecule has 9 heteroatoms. The zero-order chi connectivity index (χ0) is 15.9. The van der Waals surface area contributed by atoms with E-state index in [9.17, 15) is 4.79 Å². The summed E-state index contributed by atoms with van der Waals surface area (Å²) in [6.45, 7) is 5.52. The third kappa shape index (κ3) is 6.76. The Labute approximate surface area is 159 Å². The zero-order valence-electron chi connectivity index (χ0n) is 13.9. The molecule has 0 aromatic carbocycles. The number of rotatable bonds is 8. The van der Waals surface area contributed by atoms with E-state index in [-0.39, 0.29) is 36.8 Å². The number of aromatic nitrogens is 2. The van der Waals surface area contributed by atoms with Gasteiger partial charge in [-0.1, -0.05) is 18.7 Å². The van der Waals surface area contributed by atoms with Gasteiger partial charge >= 0.3 is 0 Å². The van der Waals surface area contributed by atoms with E-state index in [0.29, 0.717) is 18.1 Å². The Bertz CT molecular complexity index is 618. The van der Waals surface area contributed by atoms with Crippen molar-refractivity contribution in [2.45, 2.75) is 30.8 Å². The molecular formula is C15H24Cl2N4O2S. The van der Waals surface area contributed by atoms with Gasteiger partial charge in [0.15, 0.2) is 10.9 Å². The van der Waals surface area contributed by atoms with Gasteiger partial charge in [-0.05, 0) is 25.6 Å². The van der Waals surface area contributed by atoms with Crippen molar-refractivity contribution in [3.63, 3.8) is 0 Å². The molecule has 0 saturated carbocycles. The monoisotopic (exact) mass is 394 g/mol. The lowest BCUT2D eigenvalue weighted by molar-refractivity contribution is 0.0921. The van der Waals surface area contributed by atoms with Crippen LogP contribution in [0.3, 0.4) is 0 Å². The van der Waals surface area contributed by atoms with Gasteiger partial charge in [0.2, 0.25) is 0 Å². The lowest BCUT2D eigenvalue weighted by atomic mass is 10.3. The van der Waals surface area contributed by atoms with E-state index in [0.717, 1.165) is 17.5 Å². The average molecular weight is 395 g/mol. The van der Waals surface area contributed by atoms with Gasteiger partial charge in [-0.2, -0.15) is 0 Å². The maximum Gasteiger partial charge on any atom is 0.287 e. The second kappa shape index (κ2) is 11.4. The summed E-state index contributed by atoms with van der Waals surface area (Å²) in [7, 11) is 1.95. The van der Waals surface area contributed by atoms with E-state index >= 15 is 0 Å². The van der Waals surface area contributed by atoms with E-state index < -0.39 is 0 Å². The number of likely N-dealkylation sites (N-methyl/N-ethyl adjacent to an activating group) is 1. The third-order valence-electron chi connectivity index (χ3n) is 3.13. The lowest BCUT2D eigenvalue weighted by Gasteiger charge is -2.12. The van der Waals surface area contributed by atoms with Gasteiger partial charge in [-0.15, -0.1) is 24.8 Å². The van der Waals surface area contributed by atoms with Crippen LogP contribution in [-0.2, 0) is 12.8 Å². The summed E-state index contributed by atoms with van der Waals surface area (Å²) in [6.07, 6.45) is 3.66. The minimum Gasteiger partial charge on any atom is -0.455 e. The molecule has 0 bridgehead atoms. The molecule has 0 aliphatic carbocycles. The highest BCUT2D eigenvalue weighted by molar-refractivity contribution is 7.98. The maximum absolute atomic E-state index is 12.0. The first-order chi connectivity index (χ1) is 10.6. The highest BCUT2D eigenvalue weighted by Crippen LogP contribution is 2.21. The fraction of sp³-hybridized carbons (Fsp3) is 0.467. The van der Waals surface area contributed by atoms with Crippen LogP contribution in [0.4, 0.5) is 0 Å². The topological polar surface area (TPSA) is 72.1 Å².